The molecule has 1 saturated heterocycles. The molecule has 2 aromatic rings. The lowest BCUT2D eigenvalue weighted by Gasteiger charge is -2.34. The number of rotatable bonds is 4. The van der Waals surface area contributed by atoms with E-state index in [1.807, 2.05) is 4.90 Å². The molecule has 1 fully saturated rings. The number of phenols is 1. The summed E-state index contributed by atoms with van der Waals surface area (Å²) in [6.07, 6.45) is 1.54. The van der Waals surface area contributed by atoms with E-state index in [0.717, 1.165) is 12.8 Å². The Morgan fingerprint density at radius 3 is 2.58 bits per heavy atom. The van der Waals surface area contributed by atoms with E-state index in [-0.39, 0.29) is 28.5 Å². The predicted molar refractivity (Wildman–Crippen MR) is 101 cm³/mol. The Hall–Kier alpha value is -2.09. The van der Waals surface area contributed by atoms with Gasteiger partial charge in [-0.05, 0) is 40.8 Å². The number of piperidine rings is 1. The van der Waals surface area contributed by atoms with Gasteiger partial charge in [0.25, 0.3) is 0 Å². The van der Waals surface area contributed by atoms with Crippen molar-refractivity contribution in [2.24, 2.45) is 11.7 Å². The molecule has 1 unspecified atom stereocenters. The highest BCUT2D eigenvalue weighted by Crippen LogP contribution is 2.38. The molecule has 0 radical (unpaired) electrons. The molecule has 0 amide bonds. The number of benzene rings is 1. The maximum absolute atomic E-state index is 10.9. The number of anilines is 1. The molecule has 26 heavy (non-hydrogen) atoms. The van der Waals surface area contributed by atoms with Crippen LogP contribution in [-0.2, 0) is 0 Å². The smallest absolute Gasteiger partial charge is 0.365 e. The number of halogens is 2. The molecule has 1 aliphatic rings. The van der Waals surface area contributed by atoms with Gasteiger partial charge in [-0.25, -0.2) is 0 Å². The lowest BCUT2D eigenvalue weighted by Crippen LogP contribution is -2.38. The Bertz CT molecular complexity index is 826. The number of pyridine rings is 1. The van der Waals surface area contributed by atoms with E-state index in [1.54, 1.807) is 18.2 Å². The SMILES string of the molecule is NC(c1cc(Cl)c(Cl)cc1O)C1CCN(c2cccc([N+](=O)[O-])n2)CC1. The second kappa shape index (κ2) is 7.65. The fourth-order valence-corrected chi connectivity index (χ4v) is 3.58. The van der Waals surface area contributed by atoms with E-state index in [0.29, 0.717) is 29.5 Å². The largest absolute Gasteiger partial charge is 0.508 e. The zero-order chi connectivity index (χ0) is 18.8. The summed E-state index contributed by atoms with van der Waals surface area (Å²) in [5.41, 5.74) is 6.93. The first-order valence-electron chi connectivity index (χ1n) is 8.16. The molecular weight excluding hydrogens is 379 g/mol. The maximum atomic E-state index is 10.9. The molecule has 3 N–H and O–H groups in total. The summed E-state index contributed by atoms with van der Waals surface area (Å²) >= 11 is 11.9. The minimum absolute atomic E-state index is 0.0367. The van der Waals surface area contributed by atoms with Crippen molar-refractivity contribution in [3.63, 3.8) is 0 Å². The topological polar surface area (TPSA) is 106 Å². The molecule has 2 heterocycles. The second-order valence-corrected chi connectivity index (χ2v) is 7.10. The van der Waals surface area contributed by atoms with Crippen LogP contribution in [-0.4, -0.2) is 28.1 Å². The third-order valence-electron chi connectivity index (χ3n) is 4.71. The average molecular weight is 397 g/mol. The molecule has 1 aromatic heterocycles. The Labute approximate surface area is 160 Å². The summed E-state index contributed by atoms with van der Waals surface area (Å²) in [6, 6.07) is 7.41. The highest BCUT2D eigenvalue weighted by atomic mass is 35.5. The van der Waals surface area contributed by atoms with Crippen LogP contribution in [0, 0.1) is 16.0 Å². The van der Waals surface area contributed by atoms with Crippen LogP contribution in [0.4, 0.5) is 11.6 Å². The zero-order valence-electron chi connectivity index (χ0n) is 13.8. The van der Waals surface area contributed by atoms with Crippen molar-refractivity contribution >= 4 is 34.8 Å². The molecule has 1 atom stereocenters. The van der Waals surface area contributed by atoms with Crippen LogP contribution in [0.1, 0.15) is 24.4 Å². The zero-order valence-corrected chi connectivity index (χ0v) is 15.3. The van der Waals surface area contributed by atoms with Crippen LogP contribution in [0.15, 0.2) is 30.3 Å². The molecular formula is C17H18Cl2N4O3. The normalized spacial score (nSPS) is 16.5. The third kappa shape index (κ3) is 3.85. The molecule has 0 saturated carbocycles. The fraction of sp³-hybridized carbons (Fsp3) is 0.353. The van der Waals surface area contributed by atoms with Crippen molar-refractivity contribution in [2.45, 2.75) is 18.9 Å². The summed E-state index contributed by atoms with van der Waals surface area (Å²) in [5.74, 6) is 0.605. The Kier molecular flexibility index (Phi) is 5.50. The summed E-state index contributed by atoms with van der Waals surface area (Å²) in [5, 5.41) is 21.6. The lowest BCUT2D eigenvalue weighted by molar-refractivity contribution is -0.389. The van der Waals surface area contributed by atoms with Crippen LogP contribution in [0.2, 0.25) is 10.0 Å². The summed E-state index contributed by atoms with van der Waals surface area (Å²) in [6.45, 7) is 1.35. The summed E-state index contributed by atoms with van der Waals surface area (Å²) in [7, 11) is 0. The van der Waals surface area contributed by atoms with Crippen molar-refractivity contribution in [1.29, 1.82) is 0 Å². The van der Waals surface area contributed by atoms with Gasteiger partial charge in [-0.2, -0.15) is 0 Å². The summed E-state index contributed by atoms with van der Waals surface area (Å²) < 4.78 is 0. The minimum atomic E-state index is -0.501. The number of nitro groups is 1. The van der Waals surface area contributed by atoms with Gasteiger partial charge in [-0.3, -0.25) is 0 Å². The quantitative estimate of drug-likeness (QED) is 0.599. The first-order chi connectivity index (χ1) is 12.4. The second-order valence-electron chi connectivity index (χ2n) is 6.29. The average Bonchev–Trinajstić information content (AvgIpc) is 2.64. The highest BCUT2D eigenvalue weighted by molar-refractivity contribution is 6.42. The van der Waals surface area contributed by atoms with Crippen LogP contribution in [0.5, 0.6) is 5.75 Å². The van der Waals surface area contributed by atoms with Crippen LogP contribution in [0.25, 0.3) is 0 Å². The van der Waals surface area contributed by atoms with Crippen molar-refractivity contribution in [3.05, 3.63) is 56.1 Å². The predicted octanol–water partition coefficient (Wildman–Crippen LogP) is 3.92. The number of nitrogens with zero attached hydrogens (tertiary/aromatic N) is 3. The van der Waals surface area contributed by atoms with Gasteiger partial charge in [0.2, 0.25) is 5.82 Å². The number of aromatic hydroxyl groups is 1. The van der Waals surface area contributed by atoms with Gasteiger partial charge in [-0.15, -0.1) is 0 Å². The van der Waals surface area contributed by atoms with Gasteiger partial charge >= 0.3 is 5.82 Å². The third-order valence-corrected chi connectivity index (χ3v) is 5.43. The molecule has 138 valence electrons. The Balaban J connectivity index is 1.69. The number of aromatic nitrogens is 1. The first kappa shape index (κ1) is 18.7. The number of hydrogen-bond acceptors (Lipinski definition) is 6. The monoisotopic (exact) mass is 396 g/mol. The van der Waals surface area contributed by atoms with Gasteiger partial charge in [-0.1, -0.05) is 23.2 Å². The van der Waals surface area contributed by atoms with Gasteiger partial charge in [0.1, 0.15) is 5.75 Å². The van der Waals surface area contributed by atoms with Crippen molar-refractivity contribution < 1.29 is 10.0 Å². The molecule has 0 bridgehead atoms. The Morgan fingerprint density at radius 1 is 1.27 bits per heavy atom. The maximum Gasteiger partial charge on any atom is 0.365 e. The fourth-order valence-electron chi connectivity index (χ4n) is 3.25. The number of nitrogens with two attached hydrogens (primary N) is 1. The van der Waals surface area contributed by atoms with Crippen LogP contribution >= 0.6 is 23.2 Å². The molecule has 1 aromatic carbocycles. The van der Waals surface area contributed by atoms with Crippen molar-refractivity contribution in [1.82, 2.24) is 4.98 Å². The van der Waals surface area contributed by atoms with Crippen molar-refractivity contribution in [2.75, 3.05) is 18.0 Å². The van der Waals surface area contributed by atoms with Gasteiger partial charge in [0, 0.05) is 42.9 Å². The first-order valence-corrected chi connectivity index (χ1v) is 8.92. The van der Waals surface area contributed by atoms with Crippen LogP contribution in [0.3, 0.4) is 0 Å². The number of hydrogen-bond donors (Lipinski definition) is 2. The van der Waals surface area contributed by atoms with E-state index in [1.165, 1.54) is 12.1 Å². The molecule has 0 aliphatic carbocycles. The van der Waals surface area contributed by atoms with Gasteiger partial charge < -0.3 is 25.9 Å². The molecule has 3 rings (SSSR count). The van der Waals surface area contributed by atoms with Gasteiger partial charge in [0.05, 0.1) is 10.0 Å². The van der Waals surface area contributed by atoms with E-state index < -0.39 is 4.92 Å². The van der Waals surface area contributed by atoms with E-state index in [4.69, 9.17) is 28.9 Å². The molecule has 1 aliphatic heterocycles. The minimum Gasteiger partial charge on any atom is -0.508 e. The van der Waals surface area contributed by atoms with E-state index in [9.17, 15) is 15.2 Å². The Morgan fingerprint density at radius 2 is 1.92 bits per heavy atom. The molecule has 9 heteroatoms. The van der Waals surface area contributed by atoms with Crippen molar-refractivity contribution in [3.8, 4) is 5.75 Å². The van der Waals surface area contributed by atoms with Crippen LogP contribution < -0.4 is 10.6 Å². The standard InChI is InChI=1S/C17H18Cl2N4O3/c18-12-8-11(14(24)9-13(12)19)17(20)10-4-6-22(7-5-10)15-2-1-3-16(21-15)23(25)26/h1-3,8-10,17,24H,4-7,20H2. The highest BCUT2D eigenvalue weighted by Gasteiger charge is 2.29. The lowest BCUT2D eigenvalue weighted by atomic mass is 9.85. The molecule has 0 spiro atoms. The van der Waals surface area contributed by atoms with E-state index >= 15 is 0 Å². The van der Waals surface area contributed by atoms with E-state index in [2.05, 4.69) is 4.98 Å². The van der Waals surface area contributed by atoms with Gasteiger partial charge in [0.15, 0.2) is 0 Å². The summed E-state index contributed by atoms with van der Waals surface area (Å²) in [4.78, 5) is 16.5. The number of phenolic OH excluding ortho intramolecular Hbond substituents is 1. The molecule has 7 nitrogen and oxygen atoms in total.